The number of fused-ring (bicyclic) bond motifs is 1. The molecule has 1 aromatic heterocycles. The molecule has 0 bridgehead atoms. The van der Waals surface area contributed by atoms with E-state index < -0.39 is 5.92 Å². The quantitative estimate of drug-likeness (QED) is 0.801. The van der Waals surface area contributed by atoms with E-state index in [9.17, 15) is 9.59 Å². The van der Waals surface area contributed by atoms with Gasteiger partial charge in [0.2, 0.25) is 5.91 Å². The van der Waals surface area contributed by atoms with Gasteiger partial charge in [0.15, 0.2) is 17.5 Å². The van der Waals surface area contributed by atoms with Crippen LogP contribution in [0.4, 0.5) is 0 Å². The Labute approximate surface area is 144 Å². The highest BCUT2D eigenvalue weighted by Crippen LogP contribution is 2.35. The lowest BCUT2D eigenvalue weighted by Crippen LogP contribution is -2.29. The molecule has 1 amide bonds. The van der Waals surface area contributed by atoms with E-state index in [2.05, 4.69) is 10.1 Å². The molecule has 1 aromatic carbocycles. The molecule has 0 saturated carbocycles. The fraction of sp³-hybridized carbons (Fsp3) is 0.412. The van der Waals surface area contributed by atoms with Crippen molar-refractivity contribution in [1.29, 1.82) is 0 Å². The number of nitrogens with zero attached hydrogens (tertiary/aromatic N) is 4. The highest BCUT2D eigenvalue weighted by molar-refractivity contribution is 6.30. The highest BCUT2D eigenvalue weighted by atomic mass is 35.5. The van der Waals surface area contributed by atoms with Gasteiger partial charge in [0.05, 0.1) is 6.04 Å². The summed E-state index contributed by atoms with van der Waals surface area (Å²) in [6.45, 7) is 3.14. The number of ketones is 1. The molecule has 0 radical (unpaired) electrons. The molecule has 2 aromatic rings. The molecule has 2 aliphatic rings. The number of Topliss-reactive ketones (excluding diaryl/α,β-unsaturated/α-hetero) is 1. The van der Waals surface area contributed by atoms with Gasteiger partial charge in [-0.1, -0.05) is 11.6 Å². The van der Waals surface area contributed by atoms with Crippen LogP contribution < -0.4 is 0 Å². The molecule has 2 saturated heterocycles. The van der Waals surface area contributed by atoms with E-state index in [0.29, 0.717) is 29.8 Å². The predicted molar refractivity (Wildman–Crippen MR) is 88.6 cm³/mol. The molecule has 0 aliphatic carbocycles. The second-order valence-corrected chi connectivity index (χ2v) is 6.58. The number of hydrogen-bond donors (Lipinski definition) is 0. The molecule has 2 fully saturated rings. The molecule has 24 heavy (non-hydrogen) atoms. The van der Waals surface area contributed by atoms with Gasteiger partial charge in [-0.15, -0.1) is 0 Å². The van der Waals surface area contributed by atoms with Crippen molar-refractivity contribution in [3.8, 4) is 11.4 Å². The van der Waals surface area contributed by atoms with Crippen molar-refractivity contribution in [1.82, 2.24) is 19.7 Å². The van der Waals surface area contributed by atoms with Gasteiger partial charge in [0, 0.05) is 23.7 Å². The summed E-state index contributed by atoms with van der Waals surface area (Å²) in [5.74, 6) is -0.0265. The van der Waals surface area contributed by atoms with Gasteiger partial charge in [-0.2, -0.15) is 5.10 Å². The molecule has 0 spiro atoms. The number of carbonyl (C=O) groups excluding carboxylic acids is 2. The molecule has 7 heteroatoms. The molecule has 3 heterocycles. The zero-order valence-corrected chi connectivity index (χ0v) is 14.0. The lowest BCUT2D eigenvalue weighted by Gasteiger charge is -2.12. The van der Waals surface area contributed by atoms with Gasteiger partial charge in [-0.3, -0.25) is 9.59 Å². The Morgan fingerprint density at radius 2 is 2.00 bits per heavy atom. The van der Waals surface area contributed by atoms with E-state index in [0.717, 1.165) is 18.4 Å². The topological polar surface area (TPSA) is 68.1 Å². The van der Waals surface area contributed by atoms with Crippen LogP contribution >= 0.6 is 11.6 Å². The number of hydrogen-bond acceptors (Lipinski definition) is 4. The minimum Gasteiger partial charge on any atom is -0.332 e. The van der Waals surface area contributed by atoms with E-state index in [1.165, 1.54) is 0 Å². The Kier molecular flexibility index (Phi) is 3.64. The summed E-state index contributed by atoms with van der Waals surface area (Å²) in [6, 6.07) is 6.93. The largest absolute Gasteiger partial charge is 0.332 e. The Morgan fingerprint density at radius 1 is 1.25 bits per heavy atom. The third kappa shape index (κ3) is 2.24. The van der Waals surface area contributed by atoms with Crippen LogP contribution in [0.3, 0.4) is 0 Å². The first kappa shape index (κ1) is 15.3. The second-order valence-electron chi connectivity index (χ2n) is 6.14. The van der Waals surface area contributed by atoms with Crippen molar-refractivity contribution in [2.24, 2.45) is 0 Å². The van der Waals surface area contributed by atoms with Crippen LogP contribution in [-0.2, 0) is 16.1 Å². The fourth-order valence-corrected chi connectivity index (χ4v) is 3.69. The molecule has 6 nitrogen and oxygen atoms in total. The summed E-state index contributed by atoms with van der Waals surface area (Å²) in [6.07, 6.45) is 1.65. The summed E-state index contributed by atoms with van der Waals surface area (Å²) in [5, 5.41) is 5.11. The molecule has 124 valence electrons. The number of carbonyl (C=O) groups is 2. The maximum atomic E-state index is 12.7. The van der Waals surface area contributed by atoms with Crippen molar-refractivity contribution < 1.29 is 9.59 Å². The van der Waals surface area contributed by atoms with Crippen LogP contribution in [0.2, 0.25) is 5.02 Å². The molecule has 0 N–H and O–H groups in total. The summed E-state index contributed by atoms with van der Waals surface area (Å²) in [7, 11) is 0. The van der Waals surface area contributed by atoms with Crippen LogP contribution in [0.25, 0.3) is 11.4 Å². The third-order valence-corrected chi connectivity index (χ3v) is 5.01. The fourth-order valence-electron chi connectivity index (χ4n) is 3.57. The summed E-state index contributed by atoms with van der Waals surface area (Å²) >= 11 is 5.92. The first-order valence-corrected chi connectivity index (χ1v) is 8.53. The minimum absolute atomic E-state index is 0.0396. The normalized spacial score (nSPS) is 23.2. The van der Waals surface area contributed by atoms with Crippen molar-refractivity contribution in [3.05, 3.63) is 35.1 Å². The van der Waals surface area contributed by atoms with Gasteiger partial charge < -0.3 is 4.90 Å². The number of rotatable bonds is 3. The smallest absolute Gasteiger partial charge is 0.241 e. The van der Waals surface area contributed by atoms with Crippen LogP contribution in [0.1, 0.15) is 31.5 Å². The molecule has 4 rings (SSSR count). The van der Waals surface area contributed by atoms with Crippen LogP contribution in [0.5, 0.6) is 0 Å². The minimum atomic E-state index is -0.816. The van der Waals surface area contributed by atoms with Gasteiger partial charge in [-0.05, 0) is 44.0 Å². The van der Waals surface area contributed by atoms with E-state index >= 15 is 0 Å². The average molecular weight is 345 g/mol. The molecule has 2 atom stereocenters. The zero-order chi connectivity index (χ0) is 16.8. The van der Waals surface area contributed by atoms with E-state index in [1.54, 1.807) is 21.7 Å². The number of amides is 1. The SMILES string of the molecule is CCn1nc(-c2ccc(Cl)cc2)nc1C1C(=O)C2CCCN2C1=O. The maximum Gasteiger partial charge on any atom is 0.241 e. The Balaban J connectivity index is 1.74. The highest BCUT2D eigenvalue weighted by Gasteiger charge is 2.51. The number of halogens is 1. The third-order valence-electron chi connectivity index (χ3n) is 4.76. The Bertz CT molecular complexity index is 792. The molecular formula is C17H17ClN4O2. The second kappa shape index (κ2) is 5.70. The summed E-state index contributed by atoms with van der Waals surface area (Å²) < 4.78 is 1.66. The number of benzene rings is 1. The number of aryl methyl sites for hydroxylation is 1. The first-order valence-electron chi connectivity index (χ1n) is 8.15. The van der Waals surface area contributed by atoms with E-state index in [-0.39, 0.29) is 17.7 Å². The van der Waals surface area contributed by atoms with Crippen LogP contribution in [0, 0.1) is 0 Å². The Morgan fingerprint density at radius 3 is 2.67 bits per heavy atom. The standard InChI is InChI=1S/C17H17ClN4O2/c1-2-22-16(13-14(23)12-4-3-9-21(12)17(13)24)19-15(20-22)10-5-7-11(18)8-6-10/h5-8,12-13H,2-4,9H2,1H3. The lowest BCUT2D eigenvalue weighted by atomic mass is 10.0. The molecule has 2 unspecified atom stereocenters. The van der Waals surface area contributed by atoms with Crippen LogP contribution in [-0.4, -0.2) is 43.9 Å². The number of aromatic nitrogens is 3. The maximum absolute atomic E-state index is 12.7. The Hall–Kier alpha value is -2.21. The first-order chi connectivity index (χ1) is 11.6. The summed E-state index contributed by atoms with van der Waals surface area (Å²) in [5.41, 5.74) is 0.811. The van der Waals surface area contributed by atoms with Crippen molar-refractivity contribution in [3.63, 3.8) is 0 Å². The predicted octanol–water partition coefficient (Wildman–Crippen LogP) is 2.28. The lowest BCUT2D eigenvalue weighted by molar-refractivity contribution is -0.129. The van der Waals surface area contributed by atoms with Crippen molar-refractivity contribution in [2.75, 3.05) is 6.54 Å². The van der Waals surface area contributed by atoms with Gasteiger partial charge in [0.25, 0.3) is 0 Å². The molecular weight excluding hydrogens is 328 g/mol. The van der Waals surface area contributed by atoms with Crippen molar-refractivity contribution in [2.45, 2.75) is 38.3 Å². The molecule has 2 aliphatic heterocycles. The average Bonchev–Trinajstić information content (AvgIpc) is 3.26. The van der Waals surface area contributed by atoms with E-state index in [4.69, 9.17) is 11.6 Å². The van der Waals surface area contributed by atoms with Crippen molar-refractivity contribution >= 4 is 23.3 Å². The van der Waals surface area contributed by atoms with Gasteiger partial charge in [0.1, 0.15) is 5.82 Å². The van der Waals surface area contributed by atoms with E-state index in [1.807, 2.05) is 19.1 Å². The van der Waals surface area contributed by atoms with Gasteiger partial charge in [-0.25, -0.2) is 9.67 Å². The van der Waals surface area contributed by atoms with Gasteiger partial charge >= 0.3 is 0 Å². The zero-order valence-electron chi connectivity index (χ0n) is 13.3. The van der Waals surface area contributed by atoms with Crippen LogP contribution in [0.15, 0.2) is 24.3 Å². The monoisotopic (exact) mass is 344 g/mol. The summed E-state index contributed by atoms with van der Waals surface area (Å²) in [4.78, 5) is 31.6.